The summed E-state index contributed by atoms with van der Waals surface area (Å²) in [5.41, 5.74) is -0.0625. The van der Waals surface area contributed by atoms with Gasteiger partial charge < -0.3 is 9.47 Å². The maximum atomic E-state index is 12.9. The largest absolute Gasteiger partial charge is 0.492 e. The van der Waals surface area contributed by atoms with Crippen molar-refractivity contribution in [1.29, 1.82) is 5.26 Å². The fourth-order valence-electron chi connectivity index (χ4n) is 1.22. The second-order valence-corrected chi connectivity index (χ2v) is 4.31. The predicted molar refractivity (Wildman–Crippen MR) is 62.3 cm³/mol. The lowest BCUT2D eigenvalue weighted by Crippen LogP contribution is -2.25. The molecule has 0 bridgehead atoms. The molecule has 3 nitrogen and oxygen atoms in total. The van der Waals surface area contributed by atoms with Crippen LogP contribution in [0.25, 0.3) is 0 Å². The molecule has 0 saturated heterocycles. The van der Waals surface area contributed by atoms with Crippen LogP contribution in [-0.4, -0.2) is 19.3 Å². The van der Waals surface area contributed by atoms with Gasteiger partial charge in [0, 0.05) is 13.5 Å². The smallest absolute Gasteiger partial charge is 0.137 e. The number of nitrogens with zero attached hydrogens (tertiary/aromatic N) is 1. The van der Waals surface area contributed by atoms with Crippen molar-refractivity contribution in [2.24, 2.45) is 0 Å². The van der Waals surface area contributed by atoms with Crippen LogP contribution in [0.1, 0.15) is 25.8 Å². The van der Waals surface area contributed by atoms with E-state index >= 15 is 0 Å². The third-order valence-electron chi connectivity index (χ3n) is 2.58. The Morgan fingerprint density at radius 1 is 1.41 bits per heavy atom. The van der Waals surface area contributed by atoms with Crippen molar-refractivity contribution in [2.45, 2.75) is 25.9 Å². The number of hydrogen-bond donors (Lipinski definition) is 0. The normalized spacial score (nSPS) is 11.0. The molecule has 0 heterocycles. The summed E-state index contributed by atoms with van der Waals surface area (Å²) in [4.78, 5) is 0. The molecule has 0 radical (unpaired) electrons. The van der Waals surface area contributed by atoms with E-state index in [4.69, 9.17) is 14.7 Å². The summed E-state index contributed by atoms with van der Waals surface area (Å²) in [5.74, 6) is -0.0353. The summed E-state index contributed by atoms with van der Waals surface area (Å²) in [5, 5.41) is 8.83. The van der Waals surface area contributed by atoms with Crippen LogP contribution in [0.4, 0.5) is 4.39 Å². The van der Waals surface area contributed by atoms with Crippen molar-refractivity contribution >= 4 is 0 Å². The maximum Gasteiger partial charge on any atom is 0.137 e. The molecule has 0 saturated carbocycles. The Morgan fingerprint density at radius 3 is 2.71 bits per heavy atom. The molecule has 0 fully saturated rings. The molecule has 0 atom stereocenters. The Hall–Kier alpha value is -1.60. The molecular formula is C13H16FNO2. The molecule has 1 aromatic rings. The summed E-state index contributed by atoms with van der Waals surface area (Å²) in [6.45, 7) is 4.32. The summed E-state index contributed by atoms with van der Waals surface area (Å²) >= 11 is 0. The lowest BCUT2D eigenvalue weighted by molar-refractivity contribution is 0.00542. The molecule has 0 aromatic heterocycles. The van der Waals surface area contributed by atoms with Gasteiger partial charge in [-0.15, -0.1) is 0 Å². The highest BCUT2D eigenvalue weighted by Gasteiger charge is 2.16. The second-order valence-electron chi connectivity index (χ2n) is 4.31. The summed E-state index contributed by atoms with van der Waals surface area (Å²) in [7, 11) is 1.64. The van der Waals surface area contributed by atoms with Gasteiger partial charge in [0.1, 0.15) is 17.6 Å². The Bertz CT molecular complexity index is 424. The van der Waals surface area contributed by atoms with E-state index < -0.39 is 5.82 Å². The van der Waals surface area contributed by atoms with Crippen molar-refractivity contribution in [2.75, 3.05) is 13.7 Å². The minimum Gasteiger partial charge on any atom is -0.492 e. The van der Waals surface area contributed by atoms with Gasteiger partial charge >= 0.3 is 0 Å². The van der Waals surface area contributed by atoms with Crippen molar-refractivity contribution in [3.8, 4) is 11.8 Å². The maximum absolute atomic E-state index is 12.9. The molecule has 4 heteroatoms. The van der Waals surface area contributed by atoms with Crippen LogP contribution >= 0.6 is 0 Å². The molecular weight excluding hydrogens is 221 g/mol. The molecule has 92 valence electrons. The first kappa shape index (κ1) is 13.5. The van der Waals surface area contributed by atoms with E-state index in [0.717, 1.165) is 6.07 Å². The first-order valence-corrected chi connectivity index (χ1v) is 5.36. The first-order valence-electron chi connectivity index (χ1n) is 5.36. The number of methoxy groups -OCH3 is 1. The van der Waals surface area contributed by atoms with Gasteiger partial charge in [0.25, 0.3) is 0 Å². The third-order valence-corrected chi connectivity index (χ3v) is 2.58. The second kappa shape index (κ2) is 5.65. The first-order chi connectivity index (χ1) is 7.98. The van der Waals surface area contributed by atoms with Crippen LogP contribution in [0.15, 0.2) is 18.2 Å². The lowest BCUT2D eigenvalue weighted by atomic mass is 10.1. The molecule has 0 amide bonds. The zero-order valence-corrected chi connectivity index (χ0v) is 10.3. The van der Waals surface area contributed by atoms with E-state index in [9.17, 15) is 4.39 Å². The zero-order valence-electron chi connectivity index (χ0n) is 10.3. The van der Waals surface area contributed by atoms with Crippen LogP contribution in [0.5, 0.6) is 5.75 Å². The molecule has 1 rings (SSSR count). The fourth-order valence-corrected chi connectivity index (χ4v) is 1.22. The minimum atomic E-state index is -0.439. The molecule has 17 heavy (non-hydrogen) atoms. The van der Waals surface area contributed by atoms with Gasteiger partial charge in [-0.2, -0.15) is 5.26 Å². The molecule has 0 N–H and O–H groups in total. The monoisotopic (exact) mass is 237 g/mol. The van der Waals surface area contributed by atoms with E-state index in [0.29, 0.717) is 18.8 Å². The van der Waals surface area contributed by atoms with Crippen LogP contribution in [0.3, 0.4) is 0 Å². The Morgan fingerprint density at radius 2 is 2.12 bits per heavy atom. The number of rotatable bonds is 5. The van der Waals surface area contributed by atoms with E-state index in [1.165, 1.54) is 12.1 Å². The molecule has 0 spiro atoms. The summed E-state index contributed by atoms with van der Waals surface area (Å²) in [6, 6.07) is 5.81. The van der Waals surface area contributed by atoms with Gasteiger partial charge in [-0.1, -0.05) is 0 Å². The fraction of sp³-hybridized carbons (Fsp3) is 0.462. The molecule has 1 aromatic carbocycles. The van der Waals surface area contributed by atoms with E-state index in [1.807, 2.05) is 19.9 Å². The molecule has 0 aliphatic heterocycles. The van der Waals surface area contributed by atoms with Gasteiger partial charge in [0.2, 0.25) is 0 Å². The average Bonchev–Trinajstić information content (AvgIpc) is 2.30. The van der Waals surface area contributed by atoms with Gasteiger partial charge in [-0.25, -0.2) is 4.39 Å². The van der Waals surface area contributed by atoms with Crippen LogP contribution in [-0.2, 0) is 4.74 Å². The summed E-state index contributed by atoms with van der Waals surface area (Å²) in [6.07, 6.45) is 0.686. The Kier molecular flexibility index (Phi) is 4.47. The molecule has 0 aliphatic rings. The number of halogens is 1. The van der Waals surface area contributed by atoms with E-state index in [2.05, 4.69) is 0 Å². The highest BCUT2D eigenvalue weighted by Crippen LogP contribution is 2.20. The van der Waals surface area contributed by atoms with Gasteiger partial charge in [0.15, 0.2) is 0 Å². The molecule has 0 unspecified atom stereocenters. The third kappa shape index (κ3) is 4.04. The Balaban J connectivity index is 2.62. The summed E-state index contributed by atoms with van der Waals surface area (Å²) < 4.78 is 23.6. The zero-order chi connectivity index (χ0) is 12.9. The van der Waals surface area contributed by atoms with Crippen molar-refractivity contribution in [1.82, 2.24) is 0 Å². The number of nitriles is 1. The lowest BCUT2D eigenvalue weighted by Gasteiger charge is -2.22. The standard InChI is InChI=1S/C13H16FNO2/c1-13(2,16-3)6-7-17-12-5-4-11(14)8-10(12)9-15/h4-5,8H,6-7H2,1-3H3. The van der Waals surface area contributed by atoms with Crippen LogP contribution in [0.2, 0.25) is 0 Å². The quantitative estimate of drug-likeness (QED) is 0.790. The van der Waals surface area contributed by atoms with E-state index in [1.54, 1.807) is 7.11 Å². The number of ether oxygens (including phenoxy) is 2. The average molecular weight is 237 g/mol. The number of benzene rings is 1. The van der Waals surface area contributed by atoms with Crippen LogP contribution in [0, 0.1) is 17.1 Å². The number of hydrogen-bond acceptors (Lipinski definition) is 3. The molecule has 0 aliphatic carbocycles. The van der Waals surface area contributed by atoms with Crippen molar-refractivity contribution < 1.29 is 13.9 Å². The van der Waals surface area contributed by atoms with Gasteiger partial charge in [-0.05, 0) is 32.0 Å². The van der Waals surface area contributed by atoms with Crippen molar-refractivity contribution in [3.63, 3.8) is 0 Å². The SMILES string of the molecule is COC(C)(C)CCOc1ccc(F)cc1C#N. The van der Waals surface area contributed by atoms with Gasteiger partial charge in [0.05, 0.1) is 17.8 Å². The highest BCUT2D eigenvalue weighted by molar-refractivity contribution is 5.42. The van der Waals surface area contributed by atoms with Crippen molar-refractivity contribution in [3.05, 3.63) is 29.6 Å². The minimum absolute atomic E-state index is 0.209. The van der Waals surface area contributed by atoms with Gasteiger partial charge in [-0.3, -0.25) is 0 Å². The highest BCUT2D eigenvalue weighted by atomic mass is 19.1. The van der Waals surface area contributed by atoms with E-state index in [-0.39, 0.29) is 11.2 Å². The predicted octanol–water partition coefficient (Wildman–Crippen LogP) is 2.89. The van der Waals surface area contributed by atoms with Crippen LogP contribution < -0.4 is 4.74 Å². The Labute approximate surface area is 101 Å². The topological polar surface area (TPSA) is 42.2 Å².